The van der Waals surface area contributed by atoms with Gasteiger partial charge < -0.3 is 20.1 Å². The summed E-state index contributed by atoms with van der Waals surface area (Å²) >= 11 is 0. The third-order valence-electron chi connectivity index (χ3n) is 5.71. The minimum absolute atomic E-state index is 0.0678. The number of carbonyl (C=O) groups is 2. The van der Waals surface area contributed by atoms with E-state index in [1.54, 1.807) is 6.08 Å². The van der Waals surface area contributed by atoms with Crippen molar-refractivity contribution in [3.63, 3.8) is 0 Å². The zero-order valence-corrected chi connectivity index (χ0v) is 20.1. The highest BCUT2D eigenvalue weighted by Gasteiger charge is 2.16. The molecule has 0 aromatic carbocycles. The van der Waals surface area contributed by atoms with Crippen molar-refractivity contribution in [2.24, 2.45) is 5.92 Å². The minimum atomic E-state index is -0.714. The lowest BCUT2D eigenvalue weighted by Crippen LogP contribution is -2.21. The van der Waals surface area contributed by atoms with Crippen molar-refractivity contribution in [3.05, 3.63) is 50.1 Å². The molecule has 4 unspecified atom stereocenters. The maximum absolute atomic E-state index is 11.3. The smallest absolute Gasteiger partial charge is 0.155 e. The van der Waals surface area contributed by atoms with E-state index in [1.165, 1.54) is 12.2 Å². The monoisotopic (exact) mass is 464 g/mol. The standard InChI is InChI=1S/C27H44O6/c1-5-21(4)11-13-26(31)14-12-22(9-8-10-25(30)17-15-23(28)6-2)19-33-20-27(32)18-16-24(29)7-3/h5-7,22,25-27,30-32H,1-4,8-20H2. The normalized spacial score (nSPS) is 14.6. The van der Waals surface area contributed by atoms with Crippen LogP contribution in [0.15, 0.2) is 50.1 Å². The summed E-state index contributed by atoms with van der Waals surface area (Å²) in [6, 6.07) is 0. The average Bonchev–Trinajstić information content (AvgIpc) is 2.81. The Kier molecular flexibility index (Phi) is 18.5. The van der Waals surface area contributed by atoms with Crippen LogP contribution in [0.4, 0.5) is 0 Å². The highest BCUT2D eigenvalue weighted by atomic mass is 16.5. The van der Waals surface area contributed by atoms with Crippen molar-refractivity contribution in [1.82, 2.24) is 0 Å². The number of carbonyl (C=O) groups excluding carboxylic acids is 2. The number of aliphatic hydroxyl groups excluding tert-OH is 3. The van der Waals surface area contributed by atoms with Gasteiger partial charge >= 0.3 is 0 Å². The van der Waals surface area contributed by atoms with Crippen LogP contribution in [-0.4, -0.2) is 58.4 Å². The Balaban J connectivity index is 4.49. The molecule has 0 spiro atoms. The summed E-state index contributed by atoms with van der Waals surface area (Å²) in [5.74, 6) is 0.00136. The van der Waals surface area contributed by atoms with E-state index in [-0.39, 0.29) is 30.5 Å². The average molecular weight is 465 g/mol. The molecule has 0 aliphatic rings. The Morgan fingerprint density at radius 3 is 1.79 bits per heavy atom. The van der Waals surface area contributed by atoms with Crippen LogP contribution in [0.2, 0.25) is 0 Å². The molecule has 0 aromatic heterocycles. The fraction of sp³-hybridized carbons (Fsp3) is 0.630. The van der Waals surface area contributed by atoms with Gasteiger partial charge in [0.25, 0.3) is 0 Å². The summed E-state index contributed by atoms with van der Waals surface area (Å²) in [6.07, 6.45) is 8.74. The second-order valence-corrected chi connectivity index (χ2v) is 8.69. The van der Waals surface area contributed by atoms with Crippen LogP contribution in [0.5, 0.6) is 0 Å². The van der Waals surface area contributed by atoms with Crippen molar-refractivity contribution in [1.29, 1.82) is 0 Å². The first-order valence-corrected chi connectivity index (χ1v) is 11.9. The molecule has 6 heteroatoms. The van der Waals surface area contributed by atoms with Gasteiger partial charge in [-0.15, -0.1) is 0 Å². The molecule has 188 valence electrons. The van der Waals surface area contributed by atoms with Crippen LogP contribution >= 0.6 is 0 Å². The second kappa shape index (κ2) is 19.6. The molecule has 0 saturated carbocycles. The fourth-order valence-corrected chi connectivity index (χ4v) is 3.40. The van der Waals surface area contributed by atoms with Gasteiger partial charge in [-0.1, -0.05) is 44.4 Å². The van der Waals surface area contributed by atoms with Gasteiger partial charge in [0, 0.05) is 19.4 Å². The Morgan fingerprint density at radius 2 is 1.21 bits per heavy atom. The minimum Gasteiger partial charge on any atom is -0.393 e. The molecule has 0 amide bonds. The lowest BCUT2D eigenvalue weighted by Gasteiger charge is -2.21. The van der Waals surface area contributed by atoms with E-state index in [0.29, 0.717) is 51.6 Å². The summed E-state index contributed by atoms with van der Waals surface area (Å²) in [6.45, 7) is 15.0. The lowest BCUT2D eigenvalue weighted by molar-refractivity contribution is -0.116. The van der Waals surface area contributed by atoms with E-state index in [0.717, 1.165) is 24.8 Å². The number of allylic oxidation sites excluding steroid dienone is 4. The van der Waals surface area contributed by atoms with Crippen LogP contribution in [0.25, 0.3) is 0 Å². The van der Waals surface area contributed by atoms with Crippen molar-refractivity contribution in [2.45, 2.75) is 88.9 Å². The molecule has 0 heterocycles. The van der Waals surface area contributed by atoms with Crippen molar-refractivity contribution in [2.75, 3.05) is 13.2 Å². The van der Waals surface area contributed by atoms with Gasteiger partial charge in [-0.2, -0.15) is 0 Å². The number of ketones is 2. The maximum atomic E-state index is 11.3. The Labute approximate surface area is 199 Å². The van der Waals surface area contributed by atoms with Crippen LogP contribution in [-0.2, 0) is 14.3 Å². The first kappa shape index (κ1) is 31.1. The highest BCUT2D eigenvalue weighted by Crippen LogP contribution is 2.21. The highest BCUT2D eigenvalue weighted by molar-refractivity contribution is 5.89. The Bertz CT molecular complexity index is 576. The zero-order valence-electron chi connectivity index (χ0n) is 20.1. The molecule has 0 aromatic rings. The summed E-state index contributed by atoms with van der Waals surface area (Å²) < 4.78 is 5.71. The molecule has 0 radical (unpaired) electrons. The quantitative estimate of drug-likeness (QED) is 0.154. The van der Waals surface area contributed by atoms with Crippen LogP contribution in [0, 0.1) is 5.92 Å². The molecule has 0 bridgehead atoms. The van der Waals surface area contributed by atoms with E-state index >= 15 is 0 Å². The van der Waals surface area contributed by atoms with Crippen molar-refractivity contribution in [3.8, 4) is 0 Å². The summed E-state index contributed by atoms with van der Waals surface area (Å²) in [4.78, 5) is 22.6. The molecular formula is C27H44O6. The molecule has 0 aliphatic heterocycles. The van der Waals surface area contributed by atoms with Gasteiger partial charge in [-0.3, -0.25) is 9.59 Å². The van der Waals surface area contributed by atoms with E-state index in [4.69, 9.17) is 4.74 Å². The molecule has 0 rings (SSSR count). The van der Waals surface area contributed by atoms with Gasteiger partial charge in [0.1, 0.15) is 0 Å². The van der Waals surface area contributed by atoms with Crippen molar-refractivity contribution < 1.29 is 29.6 Å². The largest absolute Gasteiger partial charge is 0.393 e. The predicted molar refractivity (Wildman–Crippen MR) is 133 cm³/mol. The SMILES string of the molecule is C=CC(=C)CCC(O)CCC(CCCC(O)CCC(=O)C=C)COCC(O)CCC(=O)C=C. The third kappa shape index (κ3) is 18.3. The third-order valence-corrected chi connectivity index (χ3v) is 5.71. The van der Waals surface area contributed by atoms with Crippen LogP contribution in [0.3, 0.4) is 0 Å². The second-order valence-electron chi connectivity index (χ2n) is 8.69. The number of aliphatic hydroxyl groups is 3. The van der Waals surface area contributed by atoms with Gasteiger partial charge in [0.15, 0.2) is 11.6 Å². The fourth-order valence-electron chi connectivity index (χ4n) is 3.40. The molecule has 0 aliphatic carbocycles. The molecule has 6 nitrogen and oxygen atoms in total. The molecule has 4 atom stereocenters. The van der Waals surface area contributed by atoms with Gasteiger partial charge in [0.2, 0.25) is 0 Å². The zero-order chi connectivity index (χ0) is 25.1. The maximum Gasteiger partial charge on any atom is 0.155 e. The van der Waals surface area contributed by atoms with Gasteiger partial charge in [-0.05, 0) is 69.4 Å². The number of ether oxygens (including phenoxy) is 1. The molecule has 33 heavy (non-hydrogen) atoms. The topological polar surface area (TPSA) is 104 Å². The van der Waals surface area contributed by atoms with E-state index < -0.39 is 18.3 Å². The summed E-state index contributed by atoms with van der Waals surface area (Å²) in [5.41, 5.74) is 0.904. The Morgan fingerprint density at radius 1 is 0.667 bits per heavy atom. The van der Waals surface area contributed by atoms with E-state index in [9.17, 15) is 24.9 Å². The molecular weight excluding hydrogens is 420 g/mol. The lowest BCUT2D eigenvalue weighted by atomic mass is 9.93. The summed E-state index contributed by atoms with van der Waals surface area (Å²) in [7, 11) is 0. The number of hydrogen-bond donors (Lipinski definition) is 3. The molecule has 3 N–H and O–H groups in total. The van der Waals surface area contributed by atoms with Gasteiger partial charge in [-0.25, -0.2) is 0 Å². The summed E-state index contributed by atoms with van der Waals surface area (Å²) in [5, 5.41) is 30.4. The van der Waals surface area contributed by atoms with Gasteiger partial charge in [0.05, 0.1) is 24.9 Å². The molecule has 0 saturated heterocycles. The number of rotatable bonds is 23. The van der Waals surface area contributed by atoms with Crippen molar-refractivity contribution >= 4 is 11.6 Å². The predicted octanol–water partition coefficient (Wildman–Crippen LogP) is 4.25. The number of hydrogen-bond acceptors (Lipinski definition) is 6. The van der Waals surface area contributed by atoms with E-state index in [2.05, 4.69) is 26.3 Å². The first-order chi connectivity index (χ1) is 15.7. The van der Waals surface area contributed by atoms with Crippen LogP contribution in [0.1, 0.15) is 70.6 Å². The van der Waals surface area contributed by atoms with E-state index in [1.807, 2.05) is 0 Å². The Hall–Kier alpha value is -1.86. The van der Waals surface area contributed by atoms with Crippen LogP contribution < -0.4 is 0 Å². The molecule has 0 fully saturated rings. The first-order valence-electron chi connectivity index (χ1n) is 11.9.